The van der Waals surface area contributed by atoms with Crippen LogP contribution in [0.4, 0.5) is 5.69 Å². The molecule has 1 amide bonds. The van der Waals surface area contributed by atoms with Crippen molar-refractivity contribution >= 4 is 11.6 Å². The molecular formula is C21H24N2O. The van der Waals surface area contributed by atoms with Gasteiger partial charge < -0.3 is 9.80 Å². The van der Waals surface area contributed by atoms with Crippen LogP contribution in [0, 0.1) is 6.92 Å². The van der Waals surface area contributed by atoms with Gasteiger partial charge in [0.15, 0.2) is 0 Å². The van der Waals surface area contributed by atoms with Crippen molar-refractivity contribution in [2.45, 2.75) is 45.3 Å². The standard InChI is InChI=1S/C21H24N2O/c1-15-10-11-18-17(12-15)20(2,3)21(4)22(18)14-19(24)23(21)13-16-8-6-5-7-9-16/h5-12H,13-14H2,1-4H3. The largest absolute Gasteiger partial charge is 0.338 e. The van der Waals surface area contributed by atoms with Crippen molar-refractivity contribution in [1.29, 1.82) is 0 Å². The minimum Gasteiger partial charge on any atom is -0.338 e. The molecule has 4 rings (SSSR count). The number of benzene rings is 2. The van der Waals surface area contributed by atoms with Crippen LogP contribution in [0.25, 0.3) is 0 Å². The van der Waals surface area contributed by atoms with Crippen molar-refractivity contribution in [2.24, 2.45) is 0 Å². The molecule has 2 heterocycles. The van der Waals surface area contributed by atoms with E-state index in [0.29, 0.717) is 13.1 Å². The van der Waals surface area contributed by atoms with Crippen LogP contribution in [0.5, 0.6) is 0 Å². The molecule has 1 atom stereocenters. The molecule has 2 aliphatic rings. The third-order valence-corrected chi connectivity index (χ3v) is 6.13. The fourth-order valence-corrected chi connectivity index (χ4v) is 4.41. The minimum absolute atomic E-state index is 0.130. The maximum Gasteiger partial charge on any atom is 0.244 e. The van der Waals surface area contributed by atoms with Gasteiger partial charge in [0, 0.05) is 17.6 Å². The van der Waals surface area contributed by atoms with Gasteiger partial charge in [-0.05, 0) is 31.0 Å². The second kappa shape index (κ2) is 4.85. The van der Waals surface area contributed by atoms with Crippen molar-refractivity contribution in [3.8, 4) is 0 Å². The van der Waals surface area contributed by atoms with Crippen molar-refractivity contribution in [2.75, 3.05) is 11.4 Å². The Morgan fingerprint density at radius 3 is 2.46 bits per heavy atom. The van der Waals surface area contributed by atoms with E-state index in [1.54, 1.807) is 0 Å². The number of carbonyl (C=O) groups excluding carboxylic acids is 1. The number of carbonyl (C=O) groups is 1. The molecule has 2 aromatic carbocycles. The first-order chi connectivity index (χ1) is 11.4. The van der Waals surface area contributed by atoms with Gasteiger partial charge in [-0.2, -0.15) is 0 Å². The zero-order valence-corrected chi connectivity index (χ0v) is 14.8. The monoisotopic (exact) mass is 320 g/mol. The van der Waals surface area contributed by atoms with Crippen LogP contribution in [0.1, 0.15) is 37.5 Å². The molecule has 2 aromatic rings. The van der Waals surface area contributed by atoms with Gasteiger partial charge >= 0.3 is 0 Å². The molecule has 0 radical (unpaired) electrons. The van der Waals surface area contributed by atoms with E-state index in [9.17, 15) is 4.79 Å². The maximum absolute atomic E-state index is 12.8. The summed E-state index contributed by atoms with van der Waals surface area (Å²) in [4.78, 5) is 17.2. The highest BCUT2D eigenvalue weighted by Crippen LogP contribution is 2.55. The van der Waals surface area contributed by atoms with Gasteiger partial charge in [0.05, 0.1) is 6.54 Å². The maximum atomic E-state index is 12.8. The molecule has 0 saturated carbocycles. The van der Waals surface area contributed by atoms with Gasteiger partial charge in [-0.15, -0.1) is 0 Å². The Morgan fingerprint density at radius 1 is 1.04 bits per heavy atom. The van der Waals surface area contributed by atoms with Gasteiger partial charge in [0.25, 0.3) is 0 Å². The third-order valence-electron chi connectivity index (χ3n) is 6.13. The summed E-state index contributed by atoms with van der Waals surface area (Å²) < 4.78 is 0. The molecule has 0 bridgehead atoms. The number of nitrogens with zero attached hydrogens (tertiary/aromatic N) is 2. The van der Waals surface area contributed by atoms with E-state index in [1.165, 1.54) is 22.4 Å². The number of aryl methyl sites for hydroxylation is 1. The SMILES string of the molecule is Cc1ccc2c(c1)C(C)(C)C1(C)N(Cc3ccccc3)C(=O)CN21. The van der Waals surface area contributed by atoms with Gasteiger partial charge in [-0.3, -0.25) is 4.79 Å². The lowest BCUT2D eigenvalue weighted by Crippen LogP contribution is -2.59. The first-order valence-electron chi connectivity index (χ1n) is 8.59. The van der Waals surface area contributed by atoms with Crippen LogP contribution < -0.4 is 4.90 Å². The van der Waals surface area contributed by atoms with Crippen molar-refractivity contribution in [3.63, 3.8) is 0 Å². The molecule has 1 saturated heterocycles. The van der Waals surface area contributed by atoms with Crippen LogP contribution >= 0.6 is 0 Å². The van der Waals surface area contributed by atoms with E-state index in [2.05, 4.69) is 67.8 Å². The molecule has 124 valence electrons. The summed E-state index contributed by atoms with van der Waals surface area (Å²) >= 11 is 0. The lowest BCUT2D eigenvalue weighted by molar-refractivity contribution is -0.132. The predicted octanol–water partition coefficient (Wildman–Crippen LogP) is 3.85. The molecule has 3 nitrogen and oxygen atoms in total. The van der Waals surface area contributed by atoms with Gasteiger partial charge in [0.1, 0.15) is 5.66 Å². The van der Waals surface area contributed by atoms with Crippen molar-refractivity contribution < 1.29 is 4.79 Å². The highest BCUT2D eigenvalue weighted by Gasteiger charge is 2.62. The minimum atomic E-state index is -0.337. The molecule has 0 aliphatic carbocycles. The molecule has 1 unspecified atom stereocenters. The van der Waals surface area contributed by atoms with E-state index in [0.717, 1.165) is 0 Å². The van der Waals surface area contributed by atoms with Gasteiger partial charge in [0.2, 0.25) is 5.91 Å². The summed E-state index contributed by atoms with van der Waals surface area (Å²) in [5, 5.41) is 0. The van der Waals surface area contributed by atoms with E-state index < -0.39 is 0 Å². The third kappa shape index (κ3) is 1.81. The van der Waals surface area contributed by atoms with Crippen molar-refractivity contribution in [3.05, 3.63) is 65.2 Å². The summed E-state index contributed by atoms with van der Waals surface area (Å²) in [5.74, 6) is 0.209. The Morgan fingerprint density at radius 2 is 1.75 bits per heavy atom. The second-order valence-electron chi connectivity index (χ2n) is 7.72. The fourth-order valence-electron chi connectivity index (χ4n) is 4.41. The van der Waals surface area contributed by atoms with Crippen LogP contribution in [-0.4, -0.2) is 23.0 Å². The lowest BCUT2D eigenvalue weighted by atomic mass is 9.75. The zero-order valence-electron chi connectivity index (χ0n) is 14.8. The molecule has 3 heteroatoms. The highest BCUT2D eigenvalue weighted by atomic mass is 16.2. The Kier molecular flexibility index (Phi) is 3.08. The van der Waals surface area contributed by atoms with E-state index in [-0.39, 0.29) is 17.0 Å². The number of amides is 1. The molecule has 0 spiro atoms. The summed E-state index contributed by atoms with van der Waals surface area (Å²) in [6.45, 7) is 10.0. The summed E-state index contributed by atoms with van der Waals surface area (Å²) in [6.07, 6.45) is 0. The quantitative estimate of drug-likeness (QED) is 0.839. The van der Waals surface area contributed by atoms with E-state index >= 15 is 0 Å². The Bertz CT molecular complexity index is 812. The zero-order chi connectivity index (χ0) is 17.1. The lowest BCUT2D eigenvalue weighted by Gasteiger charge is -2.46. The average Bonchev–Trinajstić information content (AvgIpc) is 2.90. The average molecular weight is 320 g/mol. The van der Waals surface area contributed by atoms with Crippen molar-refractivity contribution in [1.82, 2.24) is 4.90 Å². The highest BCUT2D eigenvalue weighted by molar-refractivity contribution is 5.90. The van der Waals surface area contributed by atoms with Crippen LogP contribution in [0.15, 0.2) is 48.5 Å². The summed E-state index contributed by atoms with van der Waals surface area (Å²) in [6, 6.07) is 16.9. The van der Waals surface area contributed by atoms with Crippen LogP contribution in [-0.2, 0) is 16.8 Å². The van der Waals surface area contributed by atoms with Gasteiger partial charge in [-0.25, -0.2) is 0 Å². The normalized spacial score (nSPS) is 24.2. The Hall–Kier alpha value is -2.29. The second-order valence-corrected chi connectivity index (χ2v) is 7.72. The fraction of sp³-hybridized carbons (Fsp3) is 0.381. The first kappa shape index (κ1) is 15.3. The molecule has 0 N–H and O–H groups in total. The summed E-state index contributed by atoms with van der Waals surface area (Å²) in [7, 11) is 0. The summed E-state index contributed by atoms with van der Waals surface area (Å²) in [5.41, 5.74) is 4.53. The topological polar surface area (TPSA) is 23.6 Å². The van der Waals surface area contributed by atoms with Crippen LogP contribution in [0.3, 0.4) is 0 Å². The van der Waals surface area contributed by atoms with Gasteiger partial charge in [-0.1, -0.05) is 61.9 Å². The van der Waals surface area contributed by atoms with Crippen LogP contribution in [0.2, 0.25) is 0 Å². The number of rotatable bonds is 2. The number of hydrogen-bond acceptors (Lipinski definition) is 2. The molecule has 2 aliphatic heterocycles. The Labute approximate surface area is 143 Å². The van der Waals surface area contributed by atoms with E-state index in [4.69, 9.17) is 0 Å². The molecule has 24 heavy (non-hydrogen) atoms. The van der Waals surface area contributed by atoms with E-state index in [1.807, 2.05) is 18.2 Å². The molecule has 0 aromatic heterocycles. The Balaban J connectivity index is 1.82. The number of hydrogen-bond donors (Lipinski definition) is 0. The first-order valence-corrected chi connectivity index (χ1v) is 8.59. The molecule has 1 fully saturated rings. The molecular weight excluding hydrogens is 296 g/mol. The number of anilines is 1. The smallest absolute Gasteiger partial charge is 0.244 e. The number of fused-ring (bicyclic) bond motifs is 3. The predicted molar refractivity (Wildman–Crippen MR) is 96.9 cm³/mol.